The maximum atomic E-state index is 4.59. The Bertz CT molecular complexity index is 689. The maximum Gasteiger partial charge on any atom is 0.137 e. The molecule has 0 saturated carbocycles. The van der Waals surface area contributed by atoms with Crippen molar-refractivity contribution in [3.63, 3.8) is 0 Å². The van der Waals surface area contributed by atoms with Gasteiger partial charge in [0.05, 0.1) is 5.69 Å². The van der Waals surface area contributed by atoms with Gasteiger partial charge in [0.2, 0.25) is 0 Å². The molecule has 0 atom stereocenters. The summed E-state index contributed by atoms with van der Waals surface area (Å²) < 4.78 is 4.12. The van der Waals surface area contributed by atoms with Crippen LogP contribution in [0.15, 0.2) is 57.7 Å². The molecular formula is C13H8Br2N2. The SMILES string of the molecule is Brc1cccc(-c2cn3cc(Br)ccc3n2)c1. The molecule has 2 aromatic heterocycles. The Labute approximate surface area is 116 Å². The summed E-state index contributed by atoms with van der Waals surface area (Å²) in [6.45, 7) is 0. The summed E-state index contributed by atoms with van der Waals surface area (Å²) in [6, 6.07) is 12.1. The first-order valence-electron chi connectivity index (χ1n) is 5.12. The smallest absolute Gasteiger partial charge is 0.137 e. The minimum Gasteiger partial charge on any atom is -0.305 e. The minimum absolute atomic E-state index is 0.947. The largest absolute Gasteiger partial charge is 0.305 e. The lowest BCUT2D eigenvalue weighted by Gasteiger charge is -1.95. The fourth-order valence-corrected chi connectivity index (χ4v) is 2.50. The van der Waals surface area contributed by atoms with E-state index >= 15 is 0 Å². The van der Waals surface area contributed by atoms with Gasteiger partial charge in [0, 0.05) is 26.9 Å². The average molecular weight is 352 g/mol. The zero-order chi connectivity index (χ0) is 11.8. The summed E-state index contributed by atoms with van der Waals surface area (Å²) in [5.41, 5.74) is 3.03. The van der Waals surface area contributed by atoms with Gasteiger partial charge in [0.1, 0.15) is 5.65 Å². The lowest BCUT2D eigenvalue weighted by Crippen LogP contribution is -1.80. The summed E-state index contributed by atoms with van der Waals surface area (Å²) in [6.07, 6.45) is 4.03. The van der Waals surface area contributed by atoms with E-state index < -0.39 is 0 Å². The van der Waals surface area contributed by atoms with Gasteiger partial charge in [-0.15, -0.1) is 0 Å². The molecule has 0 N–H and O–H groups in total. The van der Waals surface area contributed by atoms with Crippen LogP contribution in [0.3, 0.4) is 0 Å². The molecule has 84 valence electrons. The summed E-state index contributed by atoms with van der Waals surface area (Å²) in [7, 11) is 0. The third-order valence-corrected chi connectivity index (χ3v) is 3.50. The third kappa shape index (κ3) is 2.15. The van der Waals surface area contributed by atoms with E-state index in [2.05, 4.69) is 49.0 Å². The topological polar surface area (TPSA) is 17.3 Å². The van der Waals surface area contributed by atoms with Gasteiger partial charge in [-0.2, -0.15) is 0 Å². The zero-order valence-electron chi connectivity index (χ0n) is 8.77. The molecule has 0 amide bonds. The molecule has 0 aliphatic carbocycles. The second-order valence-corrected chi connectivity index (χ2v) is 5.58. The van der Waals surface area contributed by atoms with Crippen LogP contribution in [-0.4, -0.2) is 9.38 Å². The molecular weight excluding hydrogens is 344 g/mol. The fourth-order valence-electron chi connectivity index (χ4n) is 1.75. The minimum atomic E-state index is 0.947. The Morgan fingerprint density at radius 1 is 0.941 bits per heavy atom. The van der Waals surface area contributed by atoms with Crippen LogP contribution in [0.5, 0.6) is 0 Å². The van der Waals surface area contributed by atoms with Crippen molar-refractivity contribution >= 4 is 37.5 Å². The molecule has 0 unspecified atom stereocenters. The summed E-state index contributed by atoms with van der Waals surface area (Å²) in [4.78, 5) is 4.59. The molecule has 3 rings (SSSR count). The first-order valence-corrected chi connectivity index (χ1v) is 6.71. The van der Waals surface area contributed by atoms with Crippen LogP contribution in [0.25, 0.3) is 16.9 Å². The highest BCUT2D eigenvalue weighted by Crippen LogP contribution is 2.23. The van der Waals surface area contributed by atoms with Crippen LogP contribution in [0.4, 0.5) is 0 Å². The van der Waals surface area contributed by atoms with Gasteiger partial charge in [-0.25, -0.2) is 4.98 Å². The first kappa shape index (κ1) is 11.0. The molecule has 0 aliphatic rings. The molecule has 0 fully saturated rings. The van der Waals surface area contributed by atoms with Gasteiger partial charge in [-0.05, 0) is 40.2 Å². The highest BCUT2D eigenvalue weighted by atomic mass is 79.9. The number of rotatable bonds is 1. The van der Waals surface area contributed by atoms with Gasteiger partial charge in [0.15, 0.2) is 0 Å². The van der Waals surface area contributed by atoms with Gasteiger partial charge >= 0.3 is 0 Å². The third-order valence-electron chi connectivity index (χ3n) is 2.54. The van der Waals surface area contributed by atoms with E-state index in [9.17, 15) is 0 Å². The zero-order valence-corrected chi connectivity index (χ0v) is 11.9. The van der Waals surface area contributed by atoms with Gasteiger partial charge < -0.3 is 4.40 Å². The molecule has 17 heavy (non-hydrogen) atoms. The van der Waals surface area contributed by atoms with Crippen LogP contribution in [0, 0.1) is 0 Å². The highest BCUT2D eigenvalue weighted by Gasteiger charge is 2.04. The lowest BCUT2D eigenvalue weighted by atomic mass is 10.2. The standard InChI is InChI=1S/C13H8Br2N2/c14-10-3-1-2-9(6-10)12-8-17-7-11(15)4-5-13(17)16-12/h1-8H. The quantitative estimate of drug-likeness (QED) is 0.629. The second-order valence-electron chi connectivity index (χ2n) is 3.75. The molecule has 0 radical (unpaired) electrons. The Morgan fingerprint density at radius 3 is 2.65 bits per heavy atom. The van der Waals surface area contributed by atoms with Crippen LogP contribution in [0.1, 0.15) is 0 Å². The number of halogens is 2. The Kier molecular flexibility index (Phi) is 2.76. The van der Waals surface area contributed by atoms with Gasteiger partial charge in [-0.1, -0.05) is 28.1 Å². The van der Waals surface area contributed by atoms with E-state index in [1.165, 1.54) is 0 Å². The summed E-state index contributed by atoms with van der Waals surface area (Å²) in [5.74, 6) is 0. The van der Waals surface area contributed by atoms with Crippen molar-refractivity contribution in [3.8, 4) is 11.3 Å². The van der Waals surface area contributed by atoms with Crippen LogP contribution in [0.2, 0.25) is 0 Å². The lowest BCUT2D eigenvalue weighted by molar-refractivity contribution is 1.17. The van der Waals surface area contributed by atoms with E-state index in [-0.39, 0.29) is 0 Å². The number of hydrogen-bond acceptors (Lipinski definition) is 1. The van der Waals surface area contributed by atoms with Crippen molar-refractivity contribution in [2.45, 2.75) is 0 Å². The average Bonchev–Trinajstić information content (AvgIpc) is 2.72. The highest BCUT2D eigenvalue weighted by molar-refractivity contribution is 9.10. The Balaban J connectivity index is 2.18. The molecule has 4 heteroatoms. The van der Waals surface area contributed by atoms with Crippen LogP contribution < -0.4 is 0 Å². The molecule has 0 saturated heterocycles. The monoisotopic (exact) mass is 350 g/mol. The molecule has 0 bridgehead atoms. The molecule has 0 aliphatic heterocycles. The van der Waals surface area contributed by atoms with Crippen molar-refractivity contribution in [1.82, 2.24) is 9.38 Å². The van der Waals surface area contributed by atoms with E-state index in [4.69, 9.17) is 0 Å². The van der Waals surface area contributed by atoms with Gasteiger partial charge in [0.25, 0.3) is 0 Å². The molecule has 2 heterocycles. The molecule has 0 spiro atoms. The van der Waals surface area contributed by atoms with E-state index in [0.29, 0.717) is 0 Å². The van der Waals surface area contributed by atoms with E-state index in [1.54, 1.807) is 0 Å². The summed E-state index contributed by atoms with van der Waals surface area (Å²) >= 11 is 6.93. The van der Waals surface area contributed by atoms with Crippen molar-refractivity contribution in [2.75, 3.05) is 0 Å². The van der Waals surface area contributed by atoms with Crippen molar-refractivity contribution < 1.29 is 0 Å². The van der Waals surface area contributed by atoms with Crippen LogP contribution >= 0.6 is 31.9 Å². The number of fused-ring (bicyclic) bond motifs is 1. The number of aromatic nitrogens is 2. The van der Waals surface area contributed by atoms with Crippen LogP contribution in [-0.2, 0) is 0 Å². The predicted molar refractivity (Wildman–Crippen MR) is 76.0 cm³/mol. The number of imidazole rings is 1. The van der Waals surface area contributed by atoms with Crippen molar-refractivity contribution in [1.29, 1.82) is 0 Å². The van der Waals surface area contributed by atoms with E-state index in [1.807, 2.05) is 41.1 Å². The number of hydrogen-bond donors (Lipinski definition) is 0. The number of benzene rings is 1. The number of nitrogens with zero attached hydrogens (tertiary/aromatic N) is 2. The maximum absolute atomic E-state index is 4.59. The van der Waals surface area contributed by atoms with Gasteiger partial charge in [-0.3, -0.25) is 0 Å². The van der Waals surface area contributed by atoms with Crippen molar-refractivity contribution in [3.05, 3.63) is 57.7 Å². The molecule has 2 nitrogen and oxygen atoms in total. The van der Waals surface area contributed by atoms with E-state index in [0.717, 1.165) is 25.8 Å². The molecule has 1 aromatic carbocycles. The summed E-state index contributed by atoms with van der Waals surface area (Å²) in [5, 5.41) is 0. The fraction of sp³-hybridized carbons (Fsp3) is 0. The number of pyridine rings is 1. The predicted octanol–water partition coefficient (Wildman–Crippen LogP) is 4.53. The second kappa shape index (κ2) is 4.27. The Morgan fingerprint density at radius 2 is 1.82 bits per heavy atom. The molecule has 3 aromatic rings. The Hall–Kier alpha value is -1.13. The van der Waals surface area contributed by atoms with Crippen molar-refractivity contribution in [2.24, 2.45) is 0 Å². The normalized spacial score (nSPS) is 10.9. The first-order chi connectivity index (χ1) is 8.22.